The number of benzene rings is 2. The van der Waals surface area contributed by atoms with Crippen molar-refractivity contribution in [2.45, 2.75) is 30.1 Å². The van der Waals surface area contributed by atoms with E-state index in [1.807, 2.05) is 24.3 Å². The van der Waals surface area contributed by atoms with Crippen LogP contribution >= 0.6 is 23.5 Å². The van der Waals surface area contributed by atoms with E-state index in [9.17, 15) is 9.59 Å². The fourth-order valence-corrected chi connectivity index (χ4v) is 3.82. The first-order chi connectivity index (χ1) is 12.4. The lowest BCUT2D eigenvalue weighted by molar-refractivity contribution is -0.115. The molecule has 2 aromatic rings. The van der Waals surface area contributed by atoms with Gasteiger partial charge in [-0.25, -0.2) is 0 Å². The van der Waals surface area contributed by atoms with Crippen LogP contribution in [0.1, 0.15) is 17.5 Å². The van der Waals surface area contributed by atoms with Gasteiger partial charge in [-0.3, -0.25) is 9.59 Å². The van der Waals surface area contributed by atoms with Crippen molar-refractivity contribution < 1.29 is 9.59 Å². The molecule has 0 atom stereocenters. The van der Waals surface area contributed by atoms with Crippen molar-refractivity contribution in [1.82, 2.24) is 4.90 Å². The Morgan fingerprint density at radius 1 is 1.04 bits per heavy atom. The lowest BCUT2D eigenvalue weighted by atomic mass is 10.1. The normalized spacial score (nSPS) is 10.5. The average molecular weight is 389 g/mol. The number of aryl methyl sites for hydroxylation is 2. The van der Waals surface area contributed by atoms with Crippen molar-refractivity contribution in [2.24, 2.45) is 0 Å². The number of carbonyl (C=O) groups excluding carboxylic acids is 2. The van der Waals surface area contributed by atoms with Crippen molar-refractivity contribution in [3.8, 4) is 0 Å². The number of hydrogen-bond acceptors (Lipinski definition) is 4. The minimum absolute atomic E-state index is 0.0494. The molecule has 0 aliphatic carbocycles. The lowest BCUT2D eigenvalue weighted by Gasteiger charge is -2.13. The first-order valence-electron chi connectivity index (χ1n) is 8.35. The van der Waals surface area contributed by atoms with E-state index < -0.39 is 0 Å². The first kappa shape index (κ1) is 20.4. The summed E-state index contributed by atoms with van der Waals surface area (Å²) >= 11 is 2.79. The fraction of sp³-hybridized carbons (Fsp3) is 0.300. The Kier molecular flexibility index (Phi) is 7.60. The molecule has 0 heterocycles. The van der Waals surface area contributed by atoms with Gasteiger partial charge < -0.3 is 10.2 Å². The predicted octanol–water partition coefficient (Wildman–Crippen LogP) is 5.20. The van der Waals surface area contributed by atoms with Gasteiger partial charge in [-0.05, 0) is 61.0 Å². The molecule has 0 saturated carbocycles. The Morgan fingerprint density at radius 2 is 1.77 bits per heavy atom. The third-order valence-corrected chi connectivity index (χ3v) is 5.91. The molecule has 2 amide bonds. The van der Waals surface area contributed by atoms with Gasteiger partial charge >= 0.3 is 0 Å². The van der Waals surface area contributed by atoms with Gasteiger partial charge in [-0.1, -0.05) is 18.2 Å². The Hall–Kier alpha value is -1.92. The summed E-state index contributed by atoms with van der Waals surface area (Å²) in [6, 6.07) is 13.7. The molecule has 0 fully saturated rings. The largest absolute Gasteiger partial charge is 0.339 e. The summed E-state index contributed by atoms with van der Waals surface area (Å²) in [6.07, 6.45) is 0.415. The molecule has 4 nitrogen and oxygen atoms in total. The van der Waals surface area contributed by atoms with Gasteiger partial charge in [0.05, 0.1) is 5.69 Å². The highest BCUT2D eigenvalue weighted by Gasteiger charge is 2.12. The molecule has 0 spiro atoms. The van der Waals surface area contributed by atoms with Gasteiger partial charge in [0.2, 0.25) is 5.91 Å². The fourth-order valence-electron chi connectivity index (χ4n) is 2.12. The van der Waals surface area contributed by atoms with Crippen molar-refractivity contribution in [2.75, 3.05) is 25.2 Å². The second-order valence-electron chi connectivity index (χ2n) is 6.15. The average Bonchev–Trinajstić information content (AvgIpc) is 2.59. The van der Waals surface area contributed by atoms with Gasteiger partial charge in [-0.2, -0.15) is 0 Å². The summed E-state index contributed by atoms with van der Waals surface area (Å²) in [6.45, 7) is 4.18. The highest BCUT2D eigenvalue weighted by Crippen LogP contribution is 2.29. The molecule has 6 heteroatoms. The molecular weight excluding hydrogens is 364 g/mol. The van der Waals surface area contributed by atoms with E-state index in [1.165, 1.54) is 20.9 Å². The van der Waals surface area contributed by atoms with Crippen LogP contribution in [0.5, 0.6) is 0 Å². The number of para-hydroxylation sites is 1. The molecule has 138 valence electrons. The van der Waals surface area contributed by atoms with Gasteiger partial charge in [0, 0.05) is 36.1 Å². The van der Waals surface area contributed by atoms with E-state index in [2.05, 4.69) is 37.4 Å². The van der Waals surface area contributed by atoms with Gasteiger partial charge in [0.25, 0.3) is 5.24 Å². The Morgan fingerprint density at radius 3 is 2.46 bits per heavy atom. The summed E-state index contributed by atoms with van der Waals surface area (Å²) in [7, 11) is 3.42. The maximum atomic E-state index is 12.3. The van der Waals surface area contributed by atoms with Crippen molar-refractivity contribution in [3.63, 3.8) is 0 Å². The van der Waals surface area contributed by atoms with Crippen molar-refractivity contribution in [3.05, 3.63) is 53.6 Å². The van der Waals surface area contributed by atoms with Crippen LogP contribution in [-0.2, 0) is 4.79 Å². The van der Waals surface area contributed by atoms with E-state index in [-0.39, 0.29) is 11.1 Å². The predicted molar refractivity (Wildman–Crippen MR) is 111 cm³/mol. The molecular formula is C20H24N2O2S2. The molecule has 0 radical (unpaired) electrons. The molecule has 0 aliphatic rings. The molecule has 2 rings (SSSR count). The van der Waals surface area contributed by atoms with Crippen molar-refractivity contribution in [1.29, 1.82) is 0 Å². The summed E-state index contributed by atoms with van der Waals surface area (Å²) in [5.41, 5.74) is 3.21. The molecule has 26 heavy (non-hydrogen) atoms. The maximum Gasteiger partial charge on any atom is 0.286 e. The number of rotatable bonds is 6. The van der Waals surface area contributed by atoms with E-state index in [0.717, 1.165) is 16.7 Å². The molecule has 2 aromatic carbocycles. The third-order valence-electron chi connectivity index (χ3n) is 3.80. The summed E-state index contributed by atoms with van der Waals surface area (Å²) < 4.78 is 0. The van der Waals surface area contributed by atoms with Crippen LogP contribution < -0.4 is 5.32 Å². The maximum absolute atomic E-state index is 12.3. The number of thioether (sulfide) groups is 2. The van der Waals surface area contributed by atoms with Gasteiger partial charge in [0.15, 0.2) is 0 Å². The second kappa shape index (κ2) is 9.69. The van der Waals surface area contributed by atoms with Gasteiger partial charge in [-0.15, -0.1) is 11.8 Å². The monoisotopic (exact) mass is 388 g/mol. The zero-order chi connectivity index (χ0) is 19.1. The molecule has 0 bridgehead atoms. The lowest BCUT2D eigenvalue weighted by Crippen LogP contribution is -2.17. The first-order valence-corrected chi connectivity index (χ1v) is 10.1. The number of nitrogens with zero attached hydrogens (tertiary/aromatic N) is 1. The molecule has 0 saturated heterocycles. The van der Waals surface area contributed by atoms with Crippen LogP contribution in [0.2, 0.25) is 0 Å². The zero-order valence-corrected chi connectivity index (χ0v) is 17.2. The SMILES string of the molecule is Cc1ccc(SCCC(=O)Nc2ccccc2SC(=O)N(C)C)cc1C. The molecule has 0 unspecified atom stereocenters. The van der Waals surface area contributed by atoms with Crippen LogP contribution in [-0.4, -0.2) is 35.9 Å². The minimum Gasteiger partial charge on any atom is -0.339 e. The van der Waals surface area contributed by atoms with Crippen LogP contribution in [0, 0.1) is 13.8 Å². The molecule has 0 aliphatic heterocycles. The highest BCUT2D eigenvalue weighted by molar-refractivity contribution is 8.13. The van der Waals surface area contributed by atoms with E-state index in [1.54, 1.807) is 25.9 Å². The number of amides is 2. The van der Waals surface area contributed by atoms with E-state index in [0.29, 0.717) is 17.9 Å². The zero-order valence-electron chi connectivity index (χ0n) is 15.5. The second-order valence-corrected chi connectivity index (χ2v) is 8.31. The Balaban J connectivity index is 1.89. The third kappa shape index (κ3) is 6.11. The van der Waals surface area contributed by atoms with Crippen molar-refractivity contribution >= 4 is 40.4 Å². The van der Waals surface area contributed by atoms with Crippen LogP contribution in [0.3, 0.4) is 0 Å². The highest BCUT2D eigenvalue weighted by atomic mass is 32.2. The summed E-state index contributed by atoms with van der Waals surface area (Å²) in [5, 5.41) is 2.85. The van der Waals surface area contributed by atoms with Crippen LogP contribution in [0.15, 0.2) is 52.3 Å². The molecule has 0 aromatic heterocycles. The Bertz CT molecular complexity index is 791. The molecule has 1 N–H and O–H groups in total. The van der Waals surface area contributed by atoms with Gasteiger partial charge in [0.1, 0.15) is 0 Å². The summed E-state index contributed by atoms with van der Waals surface area (Å²) in [4.78, 5) is 27.6. The quantitative estimate of drug-likeness (QED) is 0.691. The number of hydrogen-bond donors (Lipinski definition) is 1. The number of anilines is 1. The van der Waals surface area contributed by atoms with Crippen LogP contribution in [0.25, 0.3) is 0 Å². The van der Waals surface area contributed by atoms with E-state index >= 15 is 0 Å². The number of carbonyl (C=O) groups is 2. The summed E-state index contributed by atoms with van der Waals surface area (Å²) in [5.74, 6) is 0.659. The van der Waals surface area contributed by atoms with E-state index in [4.69, 9.17) is 0 Å². The smallest absolute Gasteiger partial charge is 0.286 e. The standard InChI is InChI=1S/C20H24N2O2S2/c1-14-9-10-16(13-15(14)2)25-12-11-19(23)21-17-7-5-6-8-18(17)26-20(24)22(3)4/h5-10,13H,11-12H2,1-4H3,(H,21,23). The minimum atomic E-state index is -0.0722. The Labute approximate surface area is 163 Å². The topological polar surface area (TPSA) is 49.4 Å². The number of nitrogens with one attached hydrogen (secondary N) is 1. The van der Waals surface area contributed by atoms with Crippen LogP contribution in [0.4, 0.5) is 10.5 Å².